The van der Waals surface area contributed by atoms with Crippen molar-refractivity contribution in [1.29, 1.82) is 0 Å². The van der Waals surface area contributed by atoms with Gasteiger partial charge in [0.25, 0.3) is 5.91 Å². The molecule has 1 saturated heterocycles. The van der Waals surface area contributed by atoms with Crippen molar-refractivity contribution in [1.82, 2.24) is 10.2 Å². The quantitative estimate of drug-likeness (QED) is 0.827. The van der Waals surface area contributed by atoms with Crippen molar-refractivity contribution < 1.29 is 4.79 Å². The molecule has 1 fully saturated rings. The highest BCUT2D eigenvalue weighted by Gasteiger charge is 2.22. The number of nitrogens with one attached hydrogen (secondary N) is 1. The average Bonchev–Trinajstić information content (AvgIpc) is 2.82. The van der Waals surface area contributed by atoms with E-state index in [0.29, 0.717) is 6.04 Å². The number of rotatable bonds is 2. The van der Waals surface area contributed by atoms with E-state index in [-0.39, 0.29) is 5.91 Å². The van der Waals surface area contributed by atoms with Gasteiger partial charge in [0, 0.05) is 13.1 Å². The maximum Gasteiger partial charge on any atom is 0.263 e. The molecule has 2 heterocycles. The molecule has 0 aromatic carbocycles. The van der Waals surface area contributed by atoms with Crippen LogP contribution in [-0.4, -0.2) is 37.0 Å². The maximum atomic E-state index is 12.0. The van der Waals surface area contributed by atoms with Crippen LogP contribution in [0.5, 0.6) is 0 Å². The summed E-state index contributed by atoms with van der Waals surface area (Å²) in [5, 5.41) is 5.26. The van der Waals surface area contributed by atoms with Crippen LogP contribution in [0.2, 0.25) is 0 Å². The van der Waals surface area contributed by atoms with Gasteiger partial charge in [0.2, 0.25) is 0 Å². The monoisotopic (exact) mass is 224 g/mol. The highest BCUT2D eigenvalue weighted by atomic mass is 32.1. The van der Waals surface area contributed by atoms with E-state index in [0.717, 1.165) is 30.8 Å². The van der Waals surface area contributed by atoms with E-state index >= 15 is 0 Å². The first-order valence-corrected chi connectivity index (χ1v) is 6.18. The van der Waals surface area contributed by atoms with E-state index in [1.165, 1.54) is 11.3 Å². The normalized spacial score (nSPS) is 17.7. The molecule has 3 nitrogen and oxygen atoms in total. The van der Waals surface area contributed by atoms with E-state index in [2.05, 4.69) is 5.32 Å². The second-order valence-corrected chi connectivity index (χ2v) is 4.82. The van der Waals surface area contributed by atoms with Gasteiger partial charge in [-0.25, -0.2) is 0 Å². The SMILES string of the molecule is CN(C(=O)c1cccs1)C1CCNCC1. The summed E-state index contributed by atoms with van der Waals surface area (Å²) in [6.07, 6.45) is 2.13. The summed E-state index contributed by atoms with van der Waals surface area (Å²) in [5.74, 6) is 0.164. The Bertz CT molecular complexity index is 317. The lowest BCUT2D eigenvalue weighted by Crippen LogP contribution is -2.43. The molecule has 15 heavy (non-hydrogen) atoms. The number of hydrogen-bond acceptors (Lipinski definition) is 3. The fourth-order valence-electron chi connectivity index (χ4n) is 1.93. The van der Waals surface area contributed by atoms with Crippen molar-refractivity contribution in [2.24, 2.45) is 0 Å². The first-order chi connectivity index (χ1) is 7.29. The minimum atomic E-state index is 0.164. The molecule has 0 atom stereocenters. The molecule has 0 saturated carbocycles. The summed E-state index contributed by atoms with van der Waals surface area (Å²) in [4.78, 5) is 14.8. The summed E-state index contributed by atoms with van der Waals surface area (Å²) in [5.41, 5.74) is 0. The van der Waals surface area contributed by atoms with Crippen LogP contribution in [0, 0.1) is 0 Å². The van der Waals surface area contributed by atoms with Gasteiger partial charge >= 0.3 is 0 Å². The van der Waals surface area contributed by atoms with Crippen molar-refractivity contribution in [2.45, 2.75) is 18.9 Å². The van der Waals surface area contributed by atoms with Crippen LogP contribution < -0.4 is 5.32 Å². The van der Waals surface area contributed by atoms with Gasteiger partial charge in [0.05, 0.1) is 4.88 Å². The van der Waals surface area contributed by atoms with Gasteiger partial charge in [0.15, 0.2) is 0 Å². The summed E-state index contributed by atoms with van der Waals surface area (Å²) in [6, 6.07) is 4.22. The highest BCUT2D eigenvalue weighted by Crippen LogP contribution is 2.16. The number of nitrogens with zero attached hydrogens (tertiary/aromatic N) is 1. The van der Waals surface area contributed by atoms with Crippen LogP contribution in [0.25, 0.3) is 0 Å². The van der Waals surface area contributed by atoms with Gasteiger partial charge < -0.3 is 10.2 Å². The zero-order valence-electron chi connectivity index (χ0n) is 8.90. The number of amides is 1. The summed E-state index contributed by atoms with van der Waals surface area (Å²) < 4.78 is 0. The Kier molecular flexibility index (Phi) is 3.38. The van der Waals surface area contributed by atoms with Crippen molar-refractivity contribution in [2.75, 3.05) is 20.1 Å². The molecule has 1 N–H and O–H groups in total. The van der Waals surface area contributed by atoms with Crippen LogP contribution in [-0.2, 0) is 0 Å². The molecule has 0 bridgehead atoms. The fourth-order valence-corrected chi connectivity index (χ4v) is 2.64. The maximum absolute atomic E-state index is 12.0. The Morgan fingerprint density at radius 3 is 2.87 bits per heavy atom. The minimum Gasteiger partial charge on any atom is -0.338 e. The average molecular weight is 224 g/mol. The molecule has 1 aromatic rings. The van der Waals surface area contributed by atoms with Crippen LogP contribution in [0.4, 0.5) is 0 Å². The standard InChI is InChI=1S/C11H16N2OS/c1-13(9-4-6-12-7-5-9)11(14)10-3-2-8-15-10/h2-3,8-9,12H,4-7H2,1H3. The predicted molar refractivity (Wildman–Crippen MR) is 62.3 cm³/mol. The Morgan fingerprint density at radius 2 is 2.27 bits per heavy atom. The molecule has 4 heteroatoms. The smallest absolute Gasteiger partial charge is 0.263 e. The van der Waals surface area contributed by atoms with E-state index in [9.17, 15) is 4.79 Å². The largest absolute Gasteiger partial charge is 0.338 e. The van der Waals surface area contributed by atoms with Crippen molar-refractivity contribution in [3.05, 3.63) is 22.4 Å². The lowest BCUT2D eigenvalue weighted by atomic mass is 10.1. The number of hydrogen-bond donors (Lipinski definition) is 1. The van der Waals surface area contributed by atoms with Crippen molar-refractivity contribution >= 4 is 17.2 Å². The van der Waals surface area contributed by atoms with Gasteiger partial charge in [0.1, 0.15) is 0 Å². The van der Waals surface area contributed by atoms with Crippen LogP contribution in [0.3, 0.4) is 0 Å². The molecule has 1 aromatic heterocycles. The Balaban J connectivity index is 2.00. The van der Waals surface area contributed by atoms with Crippen LogP contribution in [0.15, 0.2) is 17.5 Å². The molecule has 1 amide bonds. The molecule has 1 aliphatic heterocycles. The Hall–Kier alpha value is -0.870. The van der Waals surface area contributed by atoms with Gasteiger partial charge in [-0.3, -0.25) is 4.79 Å². The highest BCUT2D eigenvalue weighted by molar-refractivity contribution is 7.12. The fraction of sp³-hybridized carbons (Fsp3) is 0.545. The molecule has 1 aliphatic rings. The van der Waals surface area contributed by atoms with E-state index in [1.54, 1.807) is 0 Å². The zero-order chi connectivity index (χ0) is 10.7. The molecule has 82 valence electrons. The van der Waals surface area contributed by atoms with Crippen LogP contribution in [0.1, 0.15) is 22.5 Å². The molecular formula is C11H16N2OS. The third-order valence-corrected chi connectivity index (χ3v) is 3.77. The Labute approximate surface area is 94.1 Å². The van der Waals surface area contributed by atoms with Crippen molar-refractivity contribution in [3.63, 3.8) is 0 Å². The van der Waals surface area contributed by atoms with Gasteiger partial charge in [-0.1, -0.05) is 6.07 Å². The van der Waals surface area contributed by atoms with E-state index in [4.69, 9.17) is 0 Å². The molecule has 0 radical (unpaired) electrons. The first-order valence-electron chi connectivity index (χ1n) is 5.30. The molecule has 0 spiro atoms. The number of carbonyl (C=O) groups excluding carboxylic acids is 1. The third-order valence-electron chi connectivity index (χ3n) is 2.91. The number of thiophene rings is 1. The van der Waals surface area contributed by atoms with E-state index < -0.39 is 0 Å². The molecule has 0 aliphatic carbocycles. The Morgan fingerprint density at radius 1 is 1.53 bits per heavy atom. The van der Waals surface area contributed by atoms with Crippen molar-refractivity contribution in [3.8, 4) is 0 Å². The third kappa shape index (κ3) is 2.38. The van der Waals surface area contributed by atoms with Crippen LogP contribution >= 0.6 is 11.3 Å². The van der Waals surface area contributed by atoms with Gasteiger partial charge in [-0.05, 0) is 37.4 Å². The van der Waals surface area contributed by atoms with Gasteiger partial charge in [-0.2, -0.15) is 0 Å². The van der Waals surface area contributed by atoms with Gasteiger partial charge in [-0.15, -0.1) is 11.3 Å². The summed E-state index contributed by atoms with van der Waals surface area (Å²) >= 11 is 1.52. The summed E-state index contributed by atoms with van der Waals surface area (Å²) in [6.45, 7) is 2.04. The first kappa shape index (κ1) is 10.6. The molecule has 0 unspecified atom stereocenters. The molecule has 2 rings (SSSR count). The number of carbonyl (C=O) groups is 1. The predicted octanol–water partition coefficient (Wildman–Crippen LogP) is 1.57. The topological polar surface area (TPSA) is 32.3 Å². The second kappa shape index (κ2) is 4.77. The number of piperidine rings is 1. The molecular weight excluding hydrogens is 208 g/mol. The van der Waals surface area contributed by atoms with E-state index in [1.807, 2.05) is 29.5 Å². The zero-order valence-corrected chi connectivity index (χ0v) is 9.72. The second-order valence-electron chi connectivity index (χ2n) is 3.87. The summed E-state index contributed by atoms with van der Waals surface area (Å²) in [7, 11) is 1.91. The lowest BCUT2D eigenvalue weighted by molar-refractivity contribution is 0.0708. The minimum absolute atomic E-state index is 0.164. The lowest BCUT2D eigenvalue weighted by Gasteiger charge is -2.31.